The molecule has 6 heteroatoms. The normalized spacial score (nSPS) is 10.7. The summed E-state index contributed by atoms with van der Waals surface area (Å²) in [4.78, 5) is 12.1. The van der Waals surface area contributed by atoms with Crippen molar-refractivity contribution in [2.24, 2.45) is 0 Å². The molecule has 0 fully saturated rings. The highest BCUT2D eigenvalue weighted by atomic mass is 16.5. The Labute approximate surface area is 157 Å². The molecule has 2 aromatic carbocycles. The Kier molecular flexibility index (Phi) is 4.61. The molecule has 0 unspecified atom stereocenters. The van der Waals surface area contributed by atoms with Gasteiger partial charge in [-0.05, 0) is 53.6 Å². The lowest BCUT2D eigenvalue weighted by Crippen LogP contribution is -2.02. The van der Waals surface area contributed by atoms with Gasteiger partial charge in [0, 0.05) is 12.2 Å². The zero-order valence-electron chi connectivity index (χ0n) is 15.2. The topological polar surface area (TPSA) is 72.1 Å². The van der Waals surface area contributed by atoms with Gasteiger partial charge in [-0.1, -0.05) is 12.1 Å². The minimum Gasteiger partial charge on any atom is -0.497 e. The number of H-pyrrole nitrogens is 1. The summed E-state index contributed by atoms with van der Waals surface area (Å²) in [5.41, 5.74) is 4.00. The molecular weight excluding hydrogens is 340 g/mol. The molecule has 0 radical (unpaired) electrons. The summed E-state index contributed by atoms with van der Waals surface area (Å²) < 4.78 is 10.4. The minimum atomic E-state index is 0.666. The second kappa shape index (κ2) is 7.37. The maximum Gasteiger partial charge on any atom is 0.143 e. The molecular formula is C21H20N4O2. The van der Waals surface area contributed by atoms with Gasteiger partial charge in [0.05, 0.1) is 19.6 Å². The van der Waals surface area contributed by atoms with Gasteiger partial charge in [-0.25, -0.2) is 9.97 Å². The molecule has 0 amide bonds. The number of nitrogens with zero attached hydrogens (tertiary/aromatic N) is 2. The van der Waals surface area contributed by atoms with Gasteiger partial charge < -0.3 is 19.8 Å². The van der Waals surface area contributed by atoms with E-state index in [1.54, 1.807) is 20.5 Å². The van der Waals surface area contributed by atoms with E-state index in [4.69, 9.17) is 9.47 Å². The summed E-state index contributed by atoms with van der Waals surface area (Å²) in [5, 5.41) is 4.35. The van der Waals surface area contributed by atoms with Crippen LogP contribution in [0, 0.1) is 0 Å². The van der Waals surface area contributed by atoms with E-state index in [1.807, 2.05) is 48.5 Å². The predicted molar refractivity (Wildman–Crippen MR) is 106 cm³/mol. The number of rotatable bonds is 6. The summed E-state index contributed by atoms with van der Waals surface area (Å²) in [5.74, 6) is 2.47. The molecule has 0 aliphatic rings. The van der Waals surface area contributed by atoms with Crippen molar-refractivity contribution in [1.29, 1.82) is 0 Å². The fourth-order valence-electron chi connectivity index (χ4n) is 2.94. The molecule has 0 aliphatic heterocycles. The van der Waals surface area contributed by atoms with Crippen molar-refractivity contribution >= 4 is 16.9 Å². The largest absolute Gasteiger partial charge is 0.497 e. The zero-order valence-corrected chi connectivity index (χ0v) is 15.2. The van der Waals surface area contributed by atoms with Gasteiger partial charge in [-0.15, -0.1) is 0 Å². The third-order valence-electron chi connectivity index (χ3n) is 4.45. The molecule has 2 heterocycles. The summed E-state index contributed by atoms with van der Waals surface area (Å²) in [7, 11) is 3.32. The number of aromatic amines is 1. The van der Waals surface area contributed by atoms with Crippen LogP contribution in [0.5, 0.6) is 11.5 Å². The third kappa shape index (κ3) is 3.55. The van der Waals surface area contributed by atoms with Crippen LogP contribution < -0.4 is 14.8 Å². The third-order valence-corrected chi connectivity index (χ3v) is 4.45. The summed E-state index contributed by atoms with van der Waals surface area (Å²) >= 11 is 0. The first-order chi connectivity index (χ1) is 13.3. The van der Waals surface area contributed by atoms with Gasteiger partial charge >= 0.3 is 0 Å². The average molecular weight is 360 g/mol. The molecule has 0 atom stereocenters. The number of aromatic nitrogens is 3. The molecule has 0 spiro atoms. The van der Waals surface area contributed by atoms with Gasteiger partial charge in [-0.2, -0.15) is 0 Å². The maximum atomic E-state index is 5.22. The highest BCUT2D eigenvalue weighted by Gasteiger charge is 2.09. The van der Waals surface area contributed by atoms with Crippen molar-refractivity contribution in [1.82, 2.24) is 15.0 Å². The lowest BCUT2D eigenvalue weighted by atomic mass is 10.1. The monoisotopic (exact) mass is 360 g/mol. The smallest absolute Gasteiger partial charge is 0.143 e. The number of nitrogens with one attached hydrogen (secondary N) is 2. The molecule has 0 saturated heterocycles. The van der Waals surface area contributed by atoms with E-state index >= 15 is 0 Å². The molecule has 136 valence electrons. The Hall–Kier alpha value is -3.54. The van der Waals surface area contributed by atoms with Crippen LogP contribution in [0.1, 0.15) is 5.56 Å². The SMILES string of the molecule is COc1ccc(CNc2ncnc3[nH]c(-c4ccc(OC)cc4)cc23)cc1. The van der Waals surface area contributed by atoms with E-state index in [0.717, 1.165) is 45.2 Å². The zero-order chi connectivity index (χ0) is 18.6. The average Bonchev–Trinajstić information content (AvgIpc) is 3.17. The van der Waals surface area contributed by atoms with Crippen molar-refractivity contribution in [3.63, 3.8) is 0 Å². The van der Waals surface area contributed by atoms with Crippen molar-refractivity contribution < 1.29 is 9.47 Å². The van der Waals surface area contributed by atoms with E-state index in [9.17, 15) is 0 Å². The molecule has 0 aliphatic carbocycles. The second-order valence-corrected chi connectivity index (χ2v) is 6.10. The highest BCUT2D eigenvalue weighted by Crippen LogP contribution is 2.28. The van der Waals surface area contributed by atoms with E-state index in [1.165, 1.54) is 0 Å². The van der Waals surface area contributed by atoms with E-state index in [0.29, 0.717) is 6.54 Å². The van der Waals surface area contributed by atoms with Gasteiger partial charge in [0.15, 0.2) is 0 Å². The first kappa shape index (κ1) is 16.9. The molecule has 0 saturated carbocycles. The van der Waals surface area contributed by atoms with Crippen LogP contribution in [0.4, 0.5) is 5.82 Å². The number of anilines is 1. The van der Waals surface area contributed by atoms with E-state index < -0.39 is 0 Å². The molecule has 4 rings (SSSR count). The van der Waals surface area contributed by atoms with Gasteiger partial charge in [0.2, 0.25) is 0 Å². The number of hydrogen-bond donors (Lipinski definition) is 2. The van der Waals surface area contributed by atoms with E-state index in [-0.39, 0.29) is 0 Å². The Morgan fingerprint density at radius 1 is 0.889 bits per heavy atom. The lowest BCUT2D eigenvalue weighted by molar-refractivity contribution is 0.414. The van der Waals surface area contributed by atoms with Crippen LogP contribution >= 0.6 is 0 Å². The Bertz CT molecular complexity index is 1040. The molecule has 4 aromatic rings. The van der Waals surface area contributed by atoms with Crippen LogP contribution in [0.3, 0.4) is 0 Å². The van der Waals surface area contributed by atoms with Gasteiger partial charge in [0.25, 0.3) is 0 Å². The van der Waals surface area contributed by atoms with Gasteiger partial charge in [-0.3, -0.25) is 0 Å². The summed E-state index contributed by atoms with van der Waals surface area (Å²) in [6.45, 7) is 0.666. The van der Waals surface area contributed by atoms with Crippen molar-refractivity contribution in [3.05, 3.63) is 66.5 Å². The molecule has 2 N–H and O–H groups in total. The molecule has 6 nitrogen and oxygen atoms in total. The Morgan fingerprint density at radius 3 is 2.22 bits per heavy atom. The number of fused-ring (bicyclic) bond motifs is 1. The standard InChI is InChI=1S/C21H20N4O2/c1-26-16-7-3-14(4-8-16)12-22-20-18-11-19(25-21(18)24-13-23-20)15-5-9-17(27-2)10-6-15/h3-11,13H,12H2,1-2H3,(H2,22,23,24,25). The van der Waals surface area contributed by atoms with Crippen LogP contribution in [0.2, 0.25) is 0 Å². The lowest BCUT2D eigenvalue weighted by Gasteiger charge is -2.07. The quantitative estimate of drug-likeness (QED) is 0.538. The Balaban J connectivity index is 1.58. The second-order valence-electron chi connectivity index (χ2n) is 6.10. The molecule has 27 heavy (non-hydrogen) atoms. The first-order valence-electron chi connectivity index (χ1n) is 8.62. The first-order valence-corrected chi connectivity index (χ1v) is 8.62. The van der Waals surface area contributed by atoms with Crippen LogP contribution in [-0.2, 0) is 6.54 Å². The number of benzene rings is 2. The number of methoxy groups -OCH3 is 2. The predicted octanol–water partition coefficient (Wildman–Crippen LogP) is 4.25. The Morgan fingerprint density at radius 2 is 1.56 bits per heavy atom. The van der Waals surface area contributed by atoms with Crippen LogP contribution in [0.25, 0.3) is 22.3 Å². The minimum absolute atomic E-state index is 0.666. The van der Waals surface area contributed by atoms with Crippen molar-refractivity contribution in [3.8, 4) is 22.8 Å². The summed E-state index contributed by atoms with van der Waals surface area (Å²) in [6.07, 6.45) is 1.56. The fraction of sp³-hybridized carbons (Fsp3) is 0.143. The van der Waals surface area contributed by atoms with Crippen LogP contribution in [-0.4, -0.2) is 29.2 Å². The number of hydrogen-bond acceptors (Lipinski definition) is 5. The van der Waals surface area contributed by atoms with Crippen molar-refractivity contribution in [2.75, 3.05) is 19.5 Å². The number of ether oxygens (including phenoxy) is 2. The molecule has 2 aromatic heterocycles. The molecule has 0 bridgehead atoms. The highest BCUT2D eigenvalue weighted by molar-refractivity contribution is 5.91. The fourth-order valence-corrected chi connectivity index (χ4v) is 2.94. The maximum absolute atomic E-state index is 5.22. The van der Waals surface area contributed by atoms with Gasteiger partial charge in [0.1, 0.15) is 29.3 Å². The van der Waals surface area contributed by atoms with E-state index in [2.05, 4.69) is 26.3 Å². The van der Waals surface area contributed by atoms with Crippen LogP contribution in [0.15, 0.2) is 60.9 Å². The van der Waals surface area contributed by atoms with Crippen molar-refractivity contribution in [2.45, 2.75) is 6.54 Å². The summed E-state index contributed by atoms with van der Waals surface area (Å²) in [6, 6.07) is 17.9.